The SMILES string of the molecule is CC(C)C(O)CNC(=O)C1(C#N)CCC1. The van der Waals surface area contributed by atoms with Crippen LogP contribution in [-0.4, -0.2) is 23.7 Å². The number of hydrogen-bond donors (Lipinski definition) is 2. The van der Waals surface area contributed by atoms with Gasteiger partial charge in [0, 0.05) is 6.54 Å². The average Bonchev–Trinajstić information content (AvgIpc) is 2.13. The lowest BCUT2D eigenvalue weighted by Gasteiger charge is -2.33. The van der Waals surface area contributed by atoms with Gasteiger partial charge in [-0.25, -0.2) is 0 Å². The van der Waals surface area contributed by atoms with E-state index in [9.17, 15) is 9.90 Å². The van der Waals surface area contributed by atoms with Gasteiger partial charge in [0.2, 0.25) is 5.91 Å². The van der Waals surface area contributed by atoms with Crippen LogP contribution in [0.25, 0.3) is 0 Å². The summed E-state index contributed by atoms with van der Waals surface area (Å²) >= 11 is 0. The van der Waals surface area contributed by atoms with E-state index in [0.29, 0.717) is 12.8 Å². The number of aliphatic hydroxyl groups is 1. The Bertz CT molecular complexity index is 277. The summed E-state index contributed by atoms with van der Waals surface area (Å²) in [5.41, 5.74) is -0.809. The summed E-state index contributed by atoms with van der Waals surface area (Å²) in [5.74, 6) is -0.110. The van der Waals surface area contributed by atoms with Crippen LogP contribution in [0.2, 0.25) is 0 Å². The number of aliphatic hydroxyl groups excluding tert-OH is 1. The molecule has 0 aliphatic heterocycles. The Morgan fingerprint density at radius 2 is 2.20 bits per heavy atom. The van der Waals surface area contributed by atoms with Gasteiger partial charge >= 0.3 is 0 Å². The molecule has 1 atom stereocenters. The van der Waals surface area contributed by atoms with Crippen molar-refractivity contribution in [3.05, 3.63) is 0 Å². The summed E-state index contributed by atoms with van der Waals surface area (Å²) in [6.07, 6.45) is 1.69. The van der Waals surface area contributed by atoms with E-state index >= 15 is 0 Å². The topological polar surface area (TPSA) is 73.1 Å². The Balaban J connectivity index is 2.40. The fourth-order valence-electron chi connectivity index (χ4n) is 1.52. The first-order chi connectivity index (χ1) is 7.02. The van der Waals surface area contributed by atoms with Crippen molar-refractivity contribution in [3.8, 4) is 6.07 Å². The molecule has 0 spiro atoms. The molecule has 1 amide bonds. The van der Waals surface area contributed by atoms with E-state index in [1.54, 1.807) is 0 Å². The largest absolute Gasteiger partial charge is 0.391 e. The first-order valence-corrected chi connectivity index (χ1v) is 5.39. The van der Waals surface area contributed by atoms with Crippen molar-refractivity contribution in [1.29, 1.82) is 5.26 Å². The molecule has 84 valence electrons. The van der Waals surface area contributed by atoms with E-state index in [1.807, 2.05) is 13.8 Å². The summed E-state index contributed by atoms with van der Waals surface area (Å²) in [5, 5.41) is 21.1. The second kappa shape index (κ2) is 4.63. The van der Waals surface area contributed by atoms with Gasteiger partial charge in [-0.2, -0.15) is 5.26 Å². The fraction of sp³-hybridized carbons (Fsp3) is 0.818. The molecule has 0 saturated heterocycles. The first-order valence-electron chi connectivity index (χ1n) is 5.39. The lowest BCUT2D eigenvalue weighted by atomic mass is 9.69. The smallest absolute Gasteiger partial charge is 0.240 e. The third-order valence-corrected chi connectivity index (χ3v) is 3.10. The molecule has 1 unspecified atom stereocenters. The number of carbonyl (C=O) groups is 1. The minimum atomic E-state index is -0.809. The molecule has 1 fully saturated rings. The van der Waals surface area contributed by atoms with Gasteiger partial charge in [-0.05, 0) is 25.2 Å². The molecule has 0 bridgehead atoms. The first kappa shape index (κ1) is 12.0. The van der Waals surface area contributed by atoms with Crippen LogP contribution < -0.4 is 5.32 Å². The van der Waals surface area contributed by atoms with Crippen LogP contribution in [0.3, 0.4) is 0 Å². The standard InChI is InChI=1S/C11H18N2O2/c1-8(2)9(14)6-13-10(15)11(7-12)4-3-5-11/h8-9,14H,3-6H2,1-2H3,(H,13,15). The second-order valence-corrected chi connectivity index (χ2v) is 4.57. The molecule has 0 aromatic carbocycles. The fourth-order valence-corrected chi connectivity index (χ4v) is 1.52. The zero-order valence-corrected chi connectivity index (χ0v) is 9.29. The van der Waals surface area contributed by atoms with Crippen LogP contribution in [-0.2, 0) is 4.79 Å². The van der Waals surface area contributed by atoms with E-state index in [-0.39, 0.29) is 18.4 Å². The van der Waals surface area contributed by atoms with Crippen LogP contribution in [0.15, 0.2) is 0 Å². The average molecular weight is 210 g/mol. The molecule has 1 aliphatic rings. The zero-order valence-electron chi connectivity index (χ0n) is 9.29. The Kier molecular flexibility index (Phi) is 3.70. The van der Waals surface area contributed by atoms with Gasteiger partial charge < -0.3 is 10.4 Å². The van der Waals surface area contributed by atoms with Gasteiger partial charge in [0.05, 0.1) is 12.2 Å². The molecular formula is C11H18N2O2. The Labute approximate surface area is 90.3 Å². The number of rotatable bonds is 4. The lowest BCUT2D eigenvalue weighted by Crippen LogP contribution is -2.47. The van der Waals surface area contributed by atoms with Gasteiger partial charge in [-0.15, -0.1) is 0 Å². The third-order valence-electron chi connectivity index (χ3n) is 3.10. The highest BCUT2D eigenvalue weighted by Gasteiger charge is 2.44. The second-order valence-electron chi connectivity index (χ2n) is 4.57. The number of nitriles is 1. The Morgan fingerprint density at radius 1 is 1.60 bits per heavy atom. The van der Waals surface area contributed by atoms with Gasteiger partial charge in [0.25, 0.3) is 0 Å². The molecule has 0 aromatic rings. The predicted molar refractivity (Wildman–Crippen MR) is 55.8 cm³/mol. The van der Waals surface area contributed by atoms with E-state index in [0.717, 1.165) is 6.42 Å². The maximum atomic E-state index is 11.7. The van der Waals surface area contributed by atoms with Crippen LogP contribution in [0.4, 0.5) is 0 Å². The lowest BCUT2D eigenvalue weighted by molar-refractivity contribution is -0.132. The zero-order chi connectivity index (χ0) is 11.5. The summed E-state index contributed by atoms with van der Waals surface area (Å²) in [6, 6.07) is 2.07. The summed E-state index contributed by atoms with van der Waals surface area (Å²) in [7, 11) is 0. The molecule has 1 rings (SSSR count). The van der Waals surface area contributed by atoms with E-state index < -0.39 is 11.5 Å². The van der Waals surface area contributed by atoms with Crippen molar-refractivity contribution in [1.82, 2.24) is 5.32 Å². The van der Waals surface area contributed by atoms with Gasteiger partial charge in [-0.1, -0.05) is 13.8 Å². The molecular weight excluding hydrogens is 192 g/mol. The molecule has 0 aromatic heterocycles. The third kappa shape index (κ3) is 2.48. The van der Waals surface area contributed by atoms with Crippen LogP contribution in [0.5, 0.6) is 0 Å². The Hall–Kier alpha value is -1.08. The highest BCUT2D eigenvalue weighted by atomic mass is 16.3. The molecule has 1 saturated carbocycles. The van der Waals surface area contributed by atoms with E-state index in [1.165, 1.54) is 0 Å². The molecule has 1 aliphatic carbocycles. The van der Waals surface area contributed by atoms with Gasteiger partial charge in [0.15, 0.2) is 0 Å². The normalized spacial score (nSPS) is 20.2. The highest BCUT2D eigenvalue weighted by Crippen LogP contribution is 2.40. The van der Waals surface area contributed by atoms with Crippen molar-refractivity contribution < 1.29 is 9.90 Å². The monoisotopic (exact) mass is 210 g/mol. The summed E-state index contributed by atoms with van der Waals surface area (Å²) < 4.78 is 0. The summed E-state index contributed by atoms with van der Waals surface area (Å²) in [6.45, 7) is 4.01. The van der Waals surface area contributed by atoms with Crippen molar-refractivity contribution in [2.75, 3.05) is 6.54 Å². The number of carbonyl (C=O) groups excluding carboxylic acids is 1. The molecule has 15 heavy (non-hydrogen) atoms. The number of nitrogens with one attached hydrogen (secondary N) is 1. The molecule has 4 heteroatoms. The van der Waals surface area contributed by atoms with Crippen molar-refractivity contribution in [3.63, 3.8) is 0 Å². The quantitative estimate of drug-likeness (QED) is 0.721. The number of amides is 1. The van der Waals surface area contributed by atoms with Crippen molar-refractivity contribution in [2.24, 2.45) is 11.3 Å². The van der Waals surface area contributed by atoms with E-state index in [2.05, 4.69) is 11.4 Å². The highest BCUT2D eigenvalue weighted by molar-refractivity contribution is 5.86. The molecule has 0 heterocycles. The maximum absolute atomic E-state index is 11.7. The summed E-state index contributed by atoms with van der Waals surface area (Å²) in [4.78, 5) is 11.7. The van der Waals surface area contributed by atoms with Crippen LogP contribution in [0, 0.1) is 22.7 Å². The molecule has 4 nitrogen and oxygen atoms in total. The predicted octanol–water partition coefficient (Wildman–Crippen LogP) is 0.813. The van der Waals surface area contributed by atoms with Crippen LogP contribution >= 0.6 is 0 Å². The van der Waals surface area contributed by atoms with Crippen molar-refractivity contribution >= 4 is 5.91 Å². The molecule has 2 N–H and O–H groups in total. The van der Waals surface area contributed by atoms with Crippen LogP contribution in [0.1, 0.15) is 33.1 Å². The van der Waals surface area contributed by atoms with E-state index in [4.69, 9.17) is 5.26 Å². The Morgan fingerprint density at radius 3 is 2.53 bits per heavy atom. The molecule has 0 radical (unpaired) electrons. The number of hydrogen-bond acceptors (Lipinski definition) is 3. The minimum Gasteiger partial charge on any atom is -0.391 e. The van der Waals surface area contributed by atoms with Crippen molar-refractivity contribution in [2.45, 2.75) is 39.2 Å². The van der Waals surface area contributed by atoms with Gasteiger partial charge in [0.1, 0.15) is 5.41 Å². The number of nitrogens with zero attached hydrogens (tertiary/aromatic N) is 1. The van der Waals surface area contributed by atoms with Gasteiger partial charge in [-0.3, -0.25) is 4.79 Å². The minimum absolute atomic E-state index is 0.115. The maximum Gasteiger partial charge on any atom is 0.240 e.